The number of nitrogens with zero attached hydrogens (tertiary/aromatic N) is 4. The van der Waals surface area contributed by atoms with E-state index in [9.17, 15) is 4.79 Å². The lowest BCUT2D eigenvalue weighted by molar-refractivity contribution is -0.127. The highest BCUT2D eigenvalue weighted by Crippen LogP contribution is 2.18. The lowest BCUT2D eigenvalue weighted by atomic mass is 10.2. The molecule has 0 aliphatic carbocycles. The maximum absolute atomic E-state index is 12.0. The highest BCUT2D eigenvalue weighted by molar-refractivity contribution is 14.0. The third-order valence-corrected chi connectivity index (χ3v) is 5.32. The van der Waals surface area contributed by atoms with Crippen molar-refractivity contribution in [2.75, 3.05) is 64.9 Å². The van der Waals surface area contributed by atoms with Crippen LogP contribution in [0.1, 0.15) is 18.4 Å². The lowest BCUT2D eigenvalue weighted by Gasteiger charge is -2.38. The van der Waals surface area contributed by atoms with Crippen LogP contribution in [-0.2, 0) is 9.53 Å². The van der Waals surface area contributed by atoms with Crippen molar-refractivity contribution in [3.05, 3.63) is 29.8 Å². The number of ether oxygens (including phenoxy) is 1. The van der Waals surface area contributed by atoms with Crippen molar-refractivity contribution >= 4 is 41.5 Å². The highest BCUT2D eigenvalue weighted by atomic mass is 127. The van der Waals surface area contributed by atoms with Gasteiger partial charge < -0.3 is 24.8 Å². The van der Waals surface area contributed by atoms with Gasteiger partial charge in [0, 0.05) is 59.1 Å². The van der Waals surface area contributed by atoms with Crippen LogP contribution in [0.2, 0.25) is 0 Å². The number of amides is 1. The molecule has 0 radical (unpaired) electrons. The second kappa shape index (κ2) is 11.6. The molecule has 3 rings (SSSR count). The van der Waals surface area contributed by atoms with Crippen LogP contribution in [0.15, 0.2) is 29.3 Å². The van der Waals surface area contributed by atoms with E-state index in [1.807, 2.05) is 0 Å². The second-order valence-corrected chi connectivity index (χ2v) is 7.76. The molecule has 0 aromatic heterocycles. The van der Waals surface area contributed by atoms with E-state index in [4.69, 9.17) is 4.74 Å². The molecule has 0 saturated carbocycles. The van der Waals surface area contributed by atoms with Gasteiger partial charge in [-0.15, -0.1) is 24.0 Å². The average Bonchev–Trinajstić information content (AvgIpc) is 3.21. The number of nitrogens with one attached hydrogen (secondary N) is 1. The number of halogens is 1. The third-order valence-electron chi connectivity index (χ3n) is 5.32. The molecular weight excluding hydrogens is 481 g/mol. The molecule has 8 heteroatoms. The van der Waals surface area contributed by atoms with E-state index in [2.05, 4.69) is 51.3 Å². The highest BCUT2D eigenvalue weighted by Gasteiger charge is 2.22. The van der Waals surface area contributed by atoms with Gasteiger partial charge in [-0.05, 0) is 37.5 Å². The Morgan fingerprint density at radius 1 is 1.28 bits per heavy atom. The first-order valence-electron chi connectivity index (χ1n) is 10.2. The number of anilines is 1. The Morgan fingerprint density at radius 2 is 2.03 bits per heavy atom. The van der Waals surface area contributed by atoms with Crippen LogP contribution in [0.3, 0.4) is 0 Å². The van der Waals surface area contributed by atoms with Gasteiger partial charge in [-0.25, -0.2) is 4.99 Å². The van der Waals surface area contributed by atoms with Crippen LogP contribution >= 0.6 is 24.0 Å². The predicted octanol–water partition coefficient (Wildman–Crippen LogP) is 1.95. The smallest absolute Gasteiger partial charge is 0.243 e. The Bertz CT molecular complexity index is 683. The molecule has 29 heavy (non-hydrogen) atoms. The van der Waals surface area contributed by atoms with Crippen molar-refractivity contribution in [3.8, 4) is 0 Å². The molecule has 0 bridgehead atoms. The Labute approximate surface area is 191 Å². The molecule has 1 atom stereocenters. The third kappa shape index (κ3) is 7.02. The van der Waals surface area contributed by atoms with Crippen molar-refractivity contribution in [1.82, 2.24) is 15.1 Å². The number of hydrogen-bond acceptors (Lipinski definition) is 4. The number of carbonyl (C=O) groups is 1. The SMILES string of the molecule is Cc1cccc(N2CCN(C(=NCC(=O)N(C)C)NCC3CCCO3)CC2)c1.I. The van der Waals surface area contributed by atoms with Gasteiger partial charge in [0.25, 0.3) is 0 Å². The van der Waals surface area contributed by atoms with E-state index in [1.54, 1.807) is 19.0 Å². The molecule has 2 fully saturated rings. The molecule has 1 aromatic rings. The van der Waals surface area contributed by atoms with Crippen LogP contribution in [0.25, 0.3) is 0 Å². The van der Waals surface area contributed by atoms with Gasteiger partial charge in [0.15, 0.2) is 5.96 Å². The topological polar surface area (TPSA) is 60.4 Å². The summed E-state index contributed by atoms with van der Waals surface area (Å²) in [4.78, 5) is 22.9. The molecule has 7 nitrogen and oxygen atoms in total. The largest absolute Gasteiger partial charge is 0.376 e. The zero-order valence-corrected chi connectivity index (χ0v) is 20.1. The zero-order valence-electron chi connectivity index (χ0n) is 17.8. The quantitative estimate of drug-likeness (QED) is 0.369. The van der Waals surface area contributed by atoms with E-state index < -0.39 is 0 Å². The second-order valence-electron chi connectivity index (χ2n) is 7.76. The van der Waals surface area contributed by atoms with E-state index in [1.165, 1.54) is 11.3 Å². The molecule has 1 N–H and O–H groups in total. The van der Waals surface area contributed by atoms with Crippen LogP contribution in [0.5, 0.6) is 0 Å². The summed E-state index contributed by atoms with van der Waals surface area (Å²) in [7, 11) is 3.52. The number of benzene rings is 1. The summed E-state index contributed by atoms with van der Waals surface area (Å²) in [6.45, 7) is 7.50. The maximum Gasteiger partial charge on any atom is 0.243 e. The molecule has 1 unspecified atom stereocenters. The predicted molar refractivity (Wildman–Crippen MR) is 128 cm³/mol. The summed E-state index contributed by atoms with van der Waals surface area (Å²) >= 11 is 0. The lowest BCUT2D eigenvalue weighted by Crippen LogP contribution is -2.53. The number of aryl methyl sites for hydroxylation is 1. The summed E-state index contributed by atoms with van der Waals surface area (Å²) in [6, 6.07) is 8.64. The first-order chi connectivity index (χ1) is 13.5. The Kier molecular flexibility index (Phi) is 9.48. The minimum absolute atomic E-state index is 0. The van der Waals surface area contributed by atoms with Gasteiger partial charge in [-0.1, -0.05) is 12.1 Å². The van der Waals surface area contributed by atoms with Crippen LogP contribution < -0.4 is 10.2 Å². The van der Waals surface area contributed by atoms with E-state index in [-0.39, 0.29) is 42.5 Å². The number of carbonyl (C=O) groups excluding carboxylic acids is 1. The molecule has 162 valence electrons. The van der Waals surface area contributed by atoms with Crippen LogP contribution in [0.4, 0.5) is 5.69 Å². The minimum atomic E-state index is 0. The molecule has 0 spiro atoms. The van der Waals surface area contributed by atoms with Crippen LogP contribution in [-0.4, -0.2) is 87.7 Å². The fraction of sp³-hybridized carbons (Fsp3) is 0.619. The zero-order chi connectivity index (χ0) is 19.9. The summed E-state index contributed by atoms with van der Waals surface area (Å²) in [5.74, 6) is 0.824. The van der Waals surface area contributed by atoms with Crippen molar-refractivity contribution in [3.63, 3.8) is 0 Å². The van der Waals surface area contributed by atoms with Crippen LogP contribution in [0, 0.1) is 6.92 Å². The van der Waals surface area contributed by atoms with Gasteiger partial charge in [0.05, 0.1) is 6.10 Å². The number of hydrogen-bond donors (Lipinski definition) is 1. The summed E-state index contributed by atoms with van der Waals surface area (Å²) < 4.78 is 5.72. The van der Waals surface area contributed by atoms with Crippen molar-refractivity contribution in [2.45, 2.75) is 25.9 Å². The maximum atomic E-state index is 12.0. The van der Waals surface area contributed by atoms with Crippen molar-refractivity contribution < 1.29 is 9.53 Å². The summed E-state index contributed by atoms with van der Waals surface area (Å²) in [6.07, 6.45) is 2.44. The molecular formula is C21H34IN5O2. The molecule has 2 saturated heterocycles. The van der Waals surface area contributed by atoms with Gasteiger partial charge in [-0.3, -0.25) is 4.79 Å². The van der Waals surface area contributed by atoms with E-state index >= 15 is 0 Å². The van der Waals surface area contributed by atoms with Gasteiger partial charge in [0.1, 0.15) is 6.54 Å². The fourth-order valence-corrected chi connectivity index (χ4v) is 3.56. The van der Waals surface area contributed by atoms with Gasteiger partial charge in [-0.2, -0.15) is 0 Å². The average molecular weight is 515 g/mol. The van der Waals surface area contributed by atoms with E-state index in [0.29, 0.717) is 0 Å². The normalized spacial score (nSPS) is 19.7. The Morgan fingerprint density at radius 3 is 2.66 bits per heavy atom. The molecule has 1 aromatic carbocycles. The first-order valence-corrected chi connectivity index (χ1v) is 10.2. The number of guanidine groups is 1. The van der Waals surface area contributed by atoms with Crippen molar-refractivity contribution in [2.24, 2.45) is 4.99 Å². The fourth-order valence-electron chi connectivity index (χ4n) is 3.56. The molecule has 2 aliphatic heterocycles. The van der Waals surface area contributed by atoms with E-state index in [0.717, 1.165) is 58.1 Å². The minimum Gasteiger partial charge on any atom is -0.376 e. The number of likely N-dealkylation sites (N-methyl/N-ethyl adjacent to an activating group) is 1. The number of piperazine rings is 1. The summed E-state index contributed by atoms with van der Waals surface area (Å²) in [5.41, 5.74) is 2.55. The van der Waals surface area contributed by atoms with Gasteiger partial charge >= 0.3 is 0 Å². The molecule has 2 aliphatic rings. The van der Waals surface area contributed by atoms with Crippen molar-refractivity contribution in [1.29, 1.82) is 0 Å². The number of rotatable bonds is 5. The standard InChI is InChI=1S/C21H33N5O2.HI/c1-17-6-4-7-18(14-17)25-9-11-26(12-10-25)21(23-16-20(27)24(2)3)22-15-19-8-5-13-28-19;/h4,6-7,14,19H,5,8-13,15-16H2,1-3H3,(H,22,23);1H. The molecule has 2 heterocycles. The van der Waals surface area contributed by atoms with Gasteiger partial charge in [0.2, 0.25) is 5.91 Å². The Hall–Kier alpha value is -1.55. The summed E-state index contributed by atoms with van der Waals surface area (Å²) in [5, 5.41) is 3.45. The molecule has 1 amide bonds. The monoisotopic (exact) mass is 515 g/mol. The number of aliphatic imine (C=N–C) groups is 1. The Balaban J connectivity index is 0.00000300. The first kappa shape index (κ1) is 23.7.